The smallest absolute Gasteiger partial charge is 0.343 e. The Morgan fingerprint density at radius 3 is 2.35 bits per heavy atom. The van der Waals surface area contributed by atoms with Gasteiger partial charge in [-0.2, -0.15) is 0 Å². The Morgan fingerprint density at radius 2 is 1.70 bits per heavy atom. The molecular formula is C16H14O4. The summed E-state index contributed by atoms with van der Waals surface area (Å²) in [5.41, 5.74) is 0.945. The van der Waals surface area contributed by atoms with E-state index < -0.39 is 6.10 Å². The van der Waals surface area contributed by atoms with Gasteiger partial charge < -0.3 is 14.2 Å². The van der Waals surface area contributed by atoms with Crippen molar-refractivity contribution in [3.05, 3.63) is 60.2 Å². The highest BCUT2D eigenvalue weighted by Gasteiger charge is 2.47. The standard InChI is InChI=1S/C16H14O4/c1-18-12-9-7-11(8-10-12)14-15(20-14)16(17)19-13-5-3-2-4-6-13/h2-10,14-15H,1H3/t14-,15-/m0/s1. The number of esters is 1. The number of para-hydroxylation sites is 1. The monoisotopic (exact) mass is 270 g/mol. The Kier molecular flexibility index (Phi) is 3.39. The van der Waals surface area contributed by atoms with Crippen LogP contribution in [0.3, 0.4) is 0 Å². The van der Waals surface area contributed by atoms with Crippen LogP contribution < -0.4 is 9.47 Å². The lowest BCUT2D eigenvalue weighted by molar-refractivity contribution is -0.135. The van der Waals surface area contributed by atoms with Crippen molar-refractivity contribution in [3.63, 3.8) is 0 Å². The summed E-state index contributed by atoms with van der Waals surface area (Å²) in [5, 5.41) is 0. The van der Waals surface area contributed by atoms with Crippen molar-refractivity contribution in [1.82, 2.24) is 0 Å². The van der Waals surface area contributed by atoms with E-state index in [4.69, 9.17) is 14.2 Å². The van der Waals surface area contributed by atoms with Gasteiger partial charge in [-0.25, -0.2) is 4.79 Å². The summed E-state index contributed by atoms with van der Waals surface area (Å²) in [6.07, 6.45) is -0.749. The molecule has 1 fully saturated rings. The largest absolute Gasteiger partial charge is 0.497 e. The van der Waals surface area contributed by atoms with Gasteiger partial charge in [0.1, 0.15) is 17.6 Å². The van der Waals surface area contributed by atoms with E-state index in [9.17, 15) is 4.79 Å². The van der Waals surface area contributed by atoms with E-state index >= 15 is 0 Å². The van der Waals surface area contributed by atoms with Crippen LogP contribution in [0.4, 0.5) is 0 Å². The van der Waals surface area contributed by atoms with Crippen LogP contribution in [-0.2, 0) is 9.53 Å². The number of benzene rings is 2. The Balaban J connectivity index is 1.62. The van der Waals surface area contributed by atoms with E-state index in [-0.39, 0.29) is 12.1 Å². The van der Waals surface area contributed by atoms with Gasteiger partial charge in [0.2, 0.25) is 0 Å². The summed E-state index contributed by atoms with van der Waals surface area (Å²) >= 11 is 0. The second kappa shape index (κ2) is 5.35. The maximum Gasteiger partial charge on any atom is 0.343 e. The van der Waals surface area contributed by atoms with E-state index in [1.807, 2.05) is 42.5 Å². The molecule has 102 valence electrons. The quantitative estimate of drug-likeness (QED) is 0.487. The third-order valence-corrected chi connectivity index (χ3v) is 3.13. The van der Waals surface area contributed by atoms with Gasteiger partial charge in [0.05, 0.1) is 7.11 Å². The number of rotatable bonds is 4. The first-order valence-electron chi connectivity index (χ1n) is 6.34. The normalized spacial score (nSPS) is 20.2. The minimum atomic E-state index is -0.524. The number of methoxy groups -OCH3 is 1. The van der Waals surface area contributed by atoms with E-state index in [0.29, 0.717) is 5.75 Å². The first kappa shape index (κ1) is 12.7. The van der Waals surface area contributed by atoms with Crippen LogP contribution in [0.5, 0.6) is 11.5 Å². The van der Waals surface area contributed by atoms with Crippen molar-refractivity contribution in [1.29, 1.82) is 0 Å². The number of carbonyl (C=O) groups is 1. The first-order valence-corrected chi connectivity index (χ1v) is 6.34. The van der Waals surface area contributed by atoms with Crippen molar-refractivity contribution in [2.45, 2.75) is 12.2 Å². The van der Waals surface area contributed by atoms with Crippen LogP contribution in [0.15, 0.2) is 54.6 Å². The molecule has 4 heteroatoms. The summed E-state index contributed by atoms with van der Waals surface area (Å²) in [6, 6.07) is 16.4. The van der Waals surface area contributed by atoms with Crippen molar-refractivity contribution in [2.24, 2.45) is 0 Å². The van der Waals surface area contributed by atoms with Crippen molar-refractivity contribution >= 4 is 5.97 Å². The van der Waals surface area contributed by atoms with Crippen LogP contribution in [0, 0.1) is 0 Å². The second-order valence-electron chi connectivity index (χ2n) is 4.48. The topological polar surface area (TPSA) is 48.1 Å². The summed E-state index contributed by atoms with van der Waals surface area (Å²) < 4.78 is 15.7. The Hall–Kier alpha value is -2.33. The maximum atomic E-state index is 11.9. The van der Waals surface area contributed by atoms with Gasteiger partial charge in [0.15, 0.2) is 6.10 Å². The number of hydrogen-bond acceptors (Lipinski definition) is 4. The zero-order valence-electron chi connectivity index (χ0n) is 11.0. The lowest BCUT2D eigenvalue weighted by atomic mass is 10.1. The highest BCUT2D eigenvalue weighted by Crippen LogP contribution is 2.40. The molecule has 0 unspecified atom stereocenters. The second-order valence-corrected chi connectivity index (χ2v) is 4.48. The van der Waals surface area contributed by atoms with Gasteiger partial charge in [0.25, 0.3) is 0 Å². The molecule has 0 aliphatic carbocycles. The lowest BCUT2D eigenvalue weighted by Crippen LogP contribution is -2.15. The van der Waals surface area contributed by atoms with Gasteiger partial charge in [-0.3, -0.25) is 0 Å². The third kappa shape index (κ3) is 2.65. The molecule has 2 aromatic rings. The molecule has 0 aromatic heterocycles. The van der Waals surface area contributed by atoms with Crippen molar-refractivity contribution in [3.8, 4) is 11.5 Å². The van der Waals surface area contributed by atoms with Crippen LogP contribution in [0.25, 0.3) is 0 Å². The van der Waals surface area contributed by atoms with Crippen LogP contribution in [-0.4, -0.2) is 19.2 Å². The fraction of sp³-hybridized carbons (Fsp3) is 0.188. The zero-order chi connectivity index (χ0) is 13.9. The summed E-state index contributed by atoms with van der Waals surface area (Å²) in [7, 11) is 1.61. The molecular weight excluding hydrogens is 256 g/mol. The van der Waals surface area contributed by atoms with E-state index in [1.165, 1.54) is 0 Å². The molecule has 0 bridgehead atoms. The molecule has 3 rings (SSSR count). The molecule has 0 spiro atoms. The summed E-state index contributed by atoms with van der Waals surface area (Å²) in [5.74, 6) is 0.941. The van der Waals surface area contributed by atoms with Gasteiger partial charge in [-0.15, -0.1) is 0 Å². The maximum absolute atomic E-state index is 11.9. The predicted molar refractivity (Wildman–Crippen MR) is 72.7 cm³/mol. The molecule has 20 heavy (non-hydrogen) atoms. The highest BCUT2D eigenvalue weighted by atomic mass is 16.6. The molecule has 2 atom stereocenters. The predicted octanol–water partition coefficient (Wildman–Crippen LogP) is 2.74. The van der Waals surface area contributed by atoms with E-state index in [0.717, 1.165) is 11.3 Å². The fourth-order valence-corrected chi connectivity index (χ4v) is 2.00. The number of epoxide rings is 1. The number of carbonyl (C=O) groups excluding carboxylic acids is 1. The molecule has 1 aliphatic heterocycles. The molecule has 2 aromatic carbocycles. The van der Waals surface area contributed by atoms with Crippen LogP contribution in [0.2, 0.25) is 0 Å². The van der Waals surface area contributed by atoms with Gasteiger partial charge in [0, 0.05) is 0 Å². The number of ether oxygens (including phenoxy) is 3. The van der Waals surface area contributed by atoms with Gasteiger partial charge >= 0.3 is 5.97 Å². The molecule has 0 amide bonds. The average Bonchev–Trinajstić information content (AvgIpc) is 3.29. The average molecular weight is 270 g/mol. The summed E-state index contributed by atoms with van der Waals surface area (Å²) in [6.45, 7) is 0. The SMILES string of the molecule is COc1ccc([C@@H]2O[C@@H]2C(=O)Oc2ccccc2)cc1. The van der Waals surface area contributed by atoms with Crippen molar-refractivity contribution in [2.75, 3.05) is 7.11 Å². The molecule has 0 N–H and O–H groups in total. The van der Waals surface area contributed by atoms with Crippen molar-refractivity contribution < 1.29 is 19.0 Å². The van der Waals surface area contributed by atoms with Gasteiger partial charge in [-0.05, 0) is 29.8 Å². The molecule has 1 aliphatic rings. The number of hydrogen-bond donors (Lipinski definition) is 0. The Labute approximate surface area is 116 Å². The summed E-state index contributed by atoms with van der Waals surface area (Å²) in [4.78, 5) is 11.9. The minimum absolute atomic E-state index is 0.225. The fourth-order valence-electron chi connectivity index (χ4n) is 2.00. The first-order chi connectivity index (χ1) is 9.78. The molecule has 4 nitrogen and oxygen atoms in total. The third-order valence-electron chi connectivity index (χ3n) is 3.13. The minimum Gasteiger partial charge on any atom is -0.497 e. The highest BCUT2D eigenvalue weighted by molar-refractivity contribution is 5.80. The van der Waals surface area contributed by atoms with Gasteiger partial charge in [-0.1, -0.05) is 30.3 Å². The van der Waals surface area contributed by atoms with E-state index in [1.54, 1.807) is 19.2 Å². The molecule has 1 saturated heterocycles. The molecule has 0 radical (unpaired) electrons. The zero-order valence-corrected chi connectivity index (χ0v) is 11.0. The lowest BCUT2D eigenvalue weighted by Gasteiger charge is -2.02. The Bertz CT molecular complexity index is 592. The van der Waals surface area contributed by atoms with Crippen LogP contribution >= 0.6 is 0 Å². The molecule has 1 heterocycles. The van der Waals surface area contributed by atoms with E-state index in [2.05, 4.69) is 0 Å². The Morgan fingerprint density at radius 1 is 1.00 bits per heavy atom. The van der Waals surface area contributed by atoms with Crippen LogP contribution in [0.1, 0.15) is 11.7 Å². The molecule has 0 saturated carbocycles.